The highest BCUT2D eigenvalue weighted by Crippen LogP contribution is 2.41. The number of hydrogen-bond donors (Lipinski definition) is 1. The van der Waals surface area contributed by atoms with Crippen molar-refractivity contribution >= 4 is 40.7 Å². The molecule has 0 bridgehead atoms. The fourth-order valence-corrected chi connectivity index (χ4v) is 4.35. The lowest BCUT2D eigenvalue weighted by atomic mass is 9.95. The van der Waals surface area contributed by atoms with Crippen LogP contribution < -0.4 is 4.74 Å². The molecule has 162 valence electrons. The lowest BCUT2D eigenvalue weighted by Crippen LogP contribution is -2.36. The highest BCUT2D eigenvalue weighted by atomic mass is 35.5. The van der Waals surface area contributed by atoms with Gasteiger partial charge in [-0.25, -0.2) is 0 Å². The van der Waals surface area contributed by atoms with Crippen LogP contribution in [0.15, 0.2) is 48.0 Å². The third kappa shape index (κ3) is 4.15. The molecule has 2 saturated heterocycles. The first-order valence-corrected chi connectivity index (χ1v) is 10.7. The van der Waals surface area contributed by atoms with Gasteiger partial charge in [-0.15, -0.1) is 0 Å². The summed E-state index contributed by atoms with van der Waals surface area (Å²) in [6.07, 6.45) is 1.57. The fraction of sp³-hybridized carbons (Fsp3) is 0.304. The van der Waals surface area contributed by atoms with Crippen molar-refractivity contribution < 1.29 is 24.2 Å². The van der Waals surface area contributed by atoms with E-state index in [1.165, 1.54) is 18.1 Å². The van der Waals surface area contributed by atoms with Crippen LogP contribution >= 0.6 is 23.2 Å². The van der Waals surface area contributed by atoms with Gasteiger partial charge in [0.25, 0.3) is 11.7 Å². The van der Waals surface area contributed by atoms with Crippen LogP contribution in [0.1, 0.15) is 30.0 Å². The Hall–Kier alpha value is -2.54. The summed E-state index contributed by atoms with van der Waals surface area (Å²) in [5.41, 5.74) is 1.01. The molecule has 0 aliphatic carbocycles. The number of hydrogen-bond acceptors (Lipinski definition) is 5. The standard InChI is InChI=1S/C23H21Cl2NO5/c1-30-18-11-14(6-9-17(18)25)21(27)19-20(13-4-7-15(24)8-5-13)26(23(29)22(19)28)12-16-3-2-10-31-16/h4-9,11,16,20,27H,2-3,10,12H2,1H3/b21-19-. The average Bonchev–Trinajstić information content (AvgIpc) is 3.37. The third-order valence-corrected chi connectivity index (χ3v) is 6.14. The molecule has 31 heavy (non-hydrogen) atoms. The van der Waals surface area contributed by atoms with E-state index >= 15 is 0 Å². The molecule has 2 aromatic carbocycles. The van der Waals surface area contributed by atoms with Crippen molar-refractivity contribution in [2.75, 3.05) is 20.3 Å². The number of aliphatic hydroxyl groups excluding tert-OH is 1. The number of Topliss-reactive ketones (excluding diaryl/α,β-unsaturated/α-hetero) is 1. The van der Waals surface area contributed by atoms with Crippen LogP contribution in [0.4, 0.5) is 0 Å². The number of rotatable bonds is 5. The van der Waals surface area contributed by atoms with E-state index in [9.17, 15) is 14.7 Å². The molecule has 0 spiro atoms. The Bertz CT molecular complexity index is 1040. The minimum Gasteiger partial charge on any atom is -0.507 e. The number of benzene rings is 2. The maximum atomic E-state index is 13.0. The molecule has 1 amide bonds. The van der Waals surface area contributed by atoms with Crippen molar-refractivity contribution in [2.24, 2.45) is 0 Å². The molecule has 0 radical (unpaired) electrons. The molecule has 8 heteroatoms. The van der Waals surface area contributed by atoms with E-state index in [-0.39, 0.29) is 24.0 Å². The Morgan fingerprint density at radius 3 is 2.58 bits per heavy atom. The van der Waals surface area contributed by atoms with Gasteiger partial charge in [-0.3, -0.25) is 9.59 Å². The van der Waals surface area contributed by atoms with Crippen LogP contribution in [0, 0.1) is 0 Å². The molecule has 2 aliphatic heterocycles. The summed E-state index contributed by atoms with van der Waals surface area (Å²) in [5, 5.41) is 12.0. The molecule has 1 N–H and O–H groups in total. The number of likely N-dealkylation sites (tertiary alicyclic amines) is 1. The molecular weight excluding hydrogens is 441 g/mol. The van der Waals surface area contributed by atoms with Gasteiger partial charge in [0.05, 0.1) is 29.9 Å². The number of methoxy groups -OCH3 is 1. The van der Waals surface area contributed by atoms with Gasteiger partial charge < -0.3 is 19.5 Å². The highest BCUT2D eigenvalue weighted by molar-refractivity contribution is 6.46. The van der Waals surface area contributed by atoms with E-state index in [1.807, 2.05) is 0 Å². The summed E-state index contributed by atoms with van der Waals surface area (Å²) in [6, 6.07) is 10.8. The van der Waals surface area contributed by atoms with E-state index in [4.69, 9.17) is 32.7 Å². The average molecular weight is 462 g/mol. The molecule has 4 rings (SSSR count). The molecule has 2 aromatic rings. The van der Waals surface area contributed by atoms with Gasteiger partial charge in [0.15, 0.2) is 0 Å². The van der Waals surface area contributed by atoms with Gasteiger partial charge in [0, 0.05) is 23.7 Å². The van der Waals surface area contributed by atoms with Crippen molar-refractivity contribution in [2.45, 2.75) is 25.0 Å². The zero-order valence-corrected chi connectivity index (χ0v) is 18.3. The first kappa shape index (κ1) is 21.7. The van der Waals surface area contributed by atoms with Crippen molar-refractivity contribution in [3.05, 3.63) is 69.2 Å². The molecule has 2 heterocycles. The number of carbonyl (C=O) groups is 2. The van der Waals surface area contributed by atoms with E-state index in [0.717, 1.165) is 12.8 Å². The van der Waals surface area contributed by atoms with Crippen molar-refractivity contribution in [1.29, 1.82) is 0 Å². The number of carbonyl (C=O) groups excluding carboxylic acids is 2. The molecule has 2 atom stereocenters. The Balaban J connectivity index is 1.83. The molecule has 2 unspecified atom stereocenters. The van der Waals surface area contributed by atoms with Crippen molar-refractivity contribution in [1.82, 2.24) is 4.90 Å². The number of amides is 1. The van der Waals surface area contributed by atoms with E-state index in [0.29, 0.717) is 33.5 Å². The van der Waals surface area contributed by atoms with Crippen LogP contribution in [0.2, 0.25) is 10.0 Å². The van der Waals surface area contributed by atoms with Crippen LogP contribution in [-0.2, 0) is 14.3 Å². The smallest absolute Gasteiger partial charge is 0.295 e. The molecular formula is C23H21Cl2NO5. The number of aliphatic hydroxyl groups is 1. The summed E-state index contributed by atoms with van der Waals surface area (Å²) < 4.78 is 10.9. The monoisotopic (exact) mass is 461 g/mol. The van der Waals surface area contributed by atoms with E-state index in [1.54, 1.807) is 36.4 Å². The first-order valence-electron chi connectivity index (χ1n) is 9.90. The van der Waals surface area contributed by atoms with Gasteiger partial charge in [0.1, 0.15) is 11.5 Å². The maximum Gasteiger partial charge on any atom is 0.295 e. The van der Waals surface area contributed by atoms with Crippen molar-refractivity contribution in [3.8, 4) is 5.75 Å². The SMILES string of the molecule is COc1cc(/C(O)=C2/C(=O)C(=O)N(CC3CCCO3)C2c2ccc(Cl)cc2)ccc1Cl. The van der Waals surface area contributed by atoms with E-state index in [2.05, 4.69) is 0 Å². The largest absolute Gasteiger partial charge is 0.507 e. The minimum atomic E-state index is -0.761. The Kier molecular flexibility index (Phi) is 6.23. The van der Waals surface area contributed by atoms with Gasteiger partial charge in [0.2, 0.25) is 0 Å². The first-order chi connectivity index (χ1) is 14.9. The zero-order chi connectivity index (χ0) is 22.1. The summed E-state index contributed by atoms with van der Waals surface area (Å²) in [6.45, 7) is 0.892. The topological polar surface area (TPSA) is 76.1 Å². The normalized spacial score (nSPS) is 22.9. The zero-order valence-electron chi connectivity index (χ0n) is 16.8. The fourth-order valence-electron chi connectivity index (χ4n) is 4.03. The Morgan fingerprint density at radius 1 is 1.19 bits per heavy atom. The second-order valence-electron chi connectivity index (χ2n) is 7.49. The molecule has 0 aromatic heterocycles. The number of halogens is 2. The van der Waals surface area contributed by atoms with Gasteiger partial charge in [-0.05, 0) is 48.7 Å². The second-order valence-corrected chi connectivity index (χ2v) is 8.33. The molecule has 0 saturated carbocycles. The lowest BCUT2D eigenvalue weighted by Gasteiger charge is -2.27. The summed E-state index contributed by atoms with van der Waals surface area (Å²) in [7, 11) is 1.46. The highest BCUT2D eigenvalue weighted by Gasteiger charge is 2.47. The van der Waals surface area contributed by atoms with Gasteiger partial charge in [-0.2, -0.15) is 0 Å². The van der Waals surface area contributed by atoms with Gasteiger partial charge >= 0.3 is 0 Å². The van der Waals surface area contributed by atoms with Crippen LogP contribution in [0.25, 0.3) is 5.76 Å². The molecule has 2 fully saturated rings. The lowest BCUT2D eigenvalue weighted by molar-refractivity contribution is -0.140. The summed E-state index contributed by atoms with van der Waals surface area (Å²) in [4.78, 5) is 27.5. The molecule has 2 aliphatic rings. The van der Waals surface area contributed by atoms with Crippen LogP contribution in [0.3, 0.4) is 0 Å². The number of nitrogens with zero attached hydrogens (tertiary/aromatic N) is 1. The molecule has 6 nitrogen and oxygen atoms in total. The van der Waals surface area contributed by atoms with Crippen molar-refractivity contribution in [3.63, 3.8) is 0 Å². The van der Waals surface area contributed by atoms with E-state index < -0.39 is 17.7 Å². The number of ether oxygens (including phenoxy) is 2. The summed E-state index contributed by atoms with van der Waals surface area (Å²) in [5.74, 6) is -1.35. The van der Waals surface area contributed by atoms with Crippen LogP contribution in [-0.4, -0.2) is 48.1 Å². The van der Waals surface area contributed by atoms with Gasteiger partial charge in [-0.1, -0.05) is 35.3 Å². The minimum absolute atomic E-state index is 0.00898. The predicted molar refractivity (Wildman–Crippen MR) is 117 cm³/mol. The maximum absolute atomic E-state index is 13.0. The second kappa shape index (κ2) is 8.91. The third-order valence-electron chi connectivity index (χ3n) is 5.57. The predicted octanol–water partition coefficient (Wildman–Crippen LogP) is 4.60. The quantitative estimate of drug-likeness (QED) is 0.399. The Labute approximate surface area is 190 Å². The summed E-state index contributed by atoms with van der Waals surface area (Å²) >= 11 is 12.1. The van der Waals surface area contributed by atoms with Crippen LogP contribution in [0.5, 0.6) is 5.75 Å². The Morgan fingerprint density at radius 2 is 1.94 bits per heavy atom. The number of ketones is 1.